The number of aliphatic hydroxyl groups is 1. The van der Waals surface area contributed by atoms with Crippen LogP contribution < -0.4 is 16.0 Å². The van der Waals surface area contributed by atoms with E-state index in [9.17, 15) is 19.5 Å². The fourth-order valence-electron chi connectivity index (χ4n) is 5.62. The van der Waals surface area contributed by atoms with Crippen LogP contribution in [0.2, 0.25) is 0 Å². The lowest BCUT2D eigenvalue weighted by Crippen LogP contribution is -2.50. The van der Waals surface area contributed by atoms with Crippen LogP contribution >= 0.6 is 0 Å². The third-order valence-electron chi connectivity index (χ3n) is 7.73. The van der Waals surface area contributed by atoms with Gasteiger partial charge >= 0.3 is 0 Å². The van der Waals surface area contributed by atoms with Gasteiger partial charge in [0.1, 0.15) is 0 Å². The van der Waals surface area contributed by atoms with Crippen molar-refractivity contribution in [3.8, 4) is 0 Å². The highest BCUT2D eigenvalue weighted by Crippen LogP contribution is 2.33. The van der Waals surface area contributed by atoms with E-state index in [1.54, 1.807) is 6.92 Å². The maximum absolute atomic E-state index is 13.5. The monoisotopic (exact) mass is 529 g/mol. The summed E-state index contributed by atoms with van der Waals surface area (Å²) in [6.07, 6.45) is 6.24. The van der Waals surface area contributed by atoms with Crippen molar-refractivity contribution in [2.45, 2.75) is 111 Å². The Morgan fingerprint density at radius 3 is 2.37 bits per heavy atom. The summed E-state index contributed by atoms with van der Waals surface area (Å²) in [6, 6.07) is 9.42. The predicted octanol–water partition coefficient (Wildman–Crippen LogP) is 4.37. The molecule has 6 atom stereocenters. The zero-order chi connectivity index (χ0) is 28.1. The SMILES string of the molecule is CCCCNC(=O)[C@H](C)C[C@H](O)[C@H](Cc1ccccc1)NC(=O)[C@@H]1CCC[C@H]([C@H](CC(C)C)NC(C)=O)C1. The smallest absolute Gasteiger partial charge is 0.223 e. The first-order valence-electron chi connectivity index (χ1n) is 14.7. The molecule has 0 bridgehead atoms. The minimum Gasteiger partial charge on any atom is -0.391 e. The Hall–Kier alpha value is -2.41. The second kappa shape index (κ2) is 16.5. The molecule has 0 saturated heterocycles. The van der Waals surface area contributed by atoms with Crippen molar-refractivity contribution in [1.29, 1.82) is 0 Å². The molecule has 4 N–H and O–H groups in total. The third-order valence-corrected chi connectivity index (χ3v) is 7.73. The van der Waals surface area contributed by atoms with Crippen LogP contribution in [-0.4, -0.2) is 47.6 Å². The molecule has 1 aromatic carbocycles. The molecular formula is C31H51N3O4. The Morgan fingerprint density at radius 1 is 1.03 bits per heavy atom. The molecule has 1 aliphatic carbocycles. The molecule has 0 spiro atoms. The van der Waals surface area contributed by atoms with E-state index in [1.165, 1.54) is 0 Å². The van der Waals surface area contributed by atoms with Crippen LogP contribution in [0, 0.1) is 23.7 Å². The number of amides is 3. The summed E-state index contributed by atoms with van der Waals surface area (Å²) >= 11 is 0. The maximum atomic E-state index is 13.5. The predicted molar refractivity (Wildman–Crippen MR) is 152 cm³/mol. The molecule has 2 rings (SSSR count). The number of nitrogens with one attached hydrogen (secondary N) is 3. The summed E-state index contributed by atoms with van der Waals surface area (Å²) in [7, 11) is 0. The first-order chi connectivity index (χ1) is 18.1. The quantitative estimate of drug-likeness (QED) is 0.253. The number of hydrogen-bond donors (Lipinski definition) is 4. The molecule has 7 nitrogen and oxygen atoms in total. The maximum Gasteiger partial charge on any atom is 0.223 e. The van der Waals surface area contributed by atoms with Gasteiger partial charge in [0, 0.05) is 31.3 Å². The van der Waals surface area contributed by atoms with E-state index in [0.717, 1.165) is 50.5 Å². The van der Waals surface area contributed by atoms with Gasteiger partial charge in [0.2, 0.25) is 17.7 Å². The Bertz CT molecular complexity index is 860. The van der Waals surface area contributed by atoms with Crippen molar-refractivity contribution in [3.05, 3.63) is 35.9 Å². The number of carbonyl (C=O) groups is 3. The summed E-state index contributed by atoms with van der Waals surface area (Å²) in [5.41, 5.74) is 1.03. The highest BCUT2D eigenvalue weighted by Gasteiger charge is 2.34. The second-order valence-corrected chi connectivity index (χ2v) is 11.7. The first-order valence-corrected chi connectivity index (χ1v) is 14.7. The third kappa shape index (κ3) is 11.1. The molecule has 1 saturated carbocycles. The van der Waals surface area contributed by atoms with Gasteiger partial charge in [0.05, 0.1) is 12.1 Å². The zero-order valence-corrected chi connectivity index (χ0v) is 24.2. The molecule has 0 radical (unpaired) electrons. The number of unbranched alkanes of at least 4 members (excludes halogenated alkanes) is 1. The van der Waals surface area contributed by atoms with E-state index in [0.29, 0.717) is 18.9 Å². The van der Waals surface area contributed by atoms with E-state index in [2.05, 4.69) is 36.7 Å². The molecule has 38 heavy (non-hydrogen) atoms. The van der Waals surface area contributed by atoms with E-state index in [4.69, 9.17) is 0 Å². The zero-order valence-electron chi connectivity index (χ0n) is 24.2. The molecule has 0 aromatic heterocycles. The van der Waals surface area contributed by atoms with E-state index >= 15 is 0 Å². The van der Waals surface area contributed by atoms with Crippen LogP contribution in [0.1, 0.15) is 91.5 Å². The van der Waals surface area contributed by atoms with Gasteiger partial charge in [-0.1, -0.05) is 70.9 Å². The van der Waals surface area contributed by atoms with Crippen LogP contribution in [-0.2, 0) is 20.8 Å². The highest BCUT2D eigenvalue weighted by atomic mass is 16.3. The van der Waals surface area contributed by atoms with Crippen LogP contribution in [0.5, 0.6) is 0 Å². The fourth-order valence-corrected chi connectivity index (χ4v) is 5.62. The highest BCUT2D eigenvalue weighted by molar-refractivity contribution is 5.79. The largest absolute Gasteiger partial charge is 0.391 e. The summed E-state index contributed by atoms with van der Waals surface area (Å²) in [5.74, 6) is 0.0688. The lowest BCUT2D eigenvalue weighted by atomic mass is 9.75. The molecule has 7 heteroatoms. The van der Waals surface area contributed by atoms with Gasteiger partial charge in [-0.25, -0.2) is 0 Å². The molecule has 1 aliphatic rings. The number of aliphatic hydroxyl groups excluding tert-OH is 1. The summed E-state index contributed by atoms with van der Waals surface area (Å²) in [5, 5.41) is 20.4. The fraction of sp³-hybridized carbons (Fsp3) is 0.710. The molecule has 1 aromatic rings. The van der Waals surface area contributed by atoms with Crippen LogP contribution in [0.25, 0.3) is 0 Å². The van der Waals surface area contributed by atoms with Gasteiger partial charge in [-0.2, -0.15) is 0 Å². The molecule has 1 fully saturated rings. The van der Waals surface area contributed by atoms with E-state index < -0.39 is 12.1 Å². The second-order valence-electron chi connectivity index (χ2n) is 11.7. The molecule has 3 amide bonds. The number of carbonyl (C=O) groups excluding carboxylic acids is 3. The molecular weight excluding hydrogens is 478 g/mol. The van der Waals surface area contributed by atoms with Crippen molar-refractivity contribution >= 4 is 17.7 Å². The minimum atomic E-state index is -0.849. The van der Waals surface area contributed by atoms with E-state index in [1.807, 2.05) is 37.3 Å². The molecule has 0 aliphatic heterocycles. The van der Waals surface area contributed by atoms with E-state index in [-0.39, 0.29) is 47.9 Å². The average molecular weight is 530 g/mol. The van der Waals surface area contributed by atoms with Gasteiger partial charge in [0.15, 0.2) is 0 Å². The van der Waals surface area contributed by atoms with Crippen LogP contribution in [0.4, 0.5) is 0 Å². The lowest BCUT2D eigenvalue weighted by Gasteiger charge is -2.36. The van der Waals surface area contributed by atoms with Crippen molar-refractivity contribution in [1.82, 2.24) is 16.0 Å². The summed E-state index contributed by atoms with van der Waals surface area (Å²) in [4.78, 5) is 37.9. The molecule has 0 heterocycles. The van der Waals surface area contributed by atoms with Gasteiger partial charge < -0.3 is 21.1 Å². The Balaban J connectivity index is 2.09. The summed E-state index contributed by atoms with van der Waals surface area (Å²) < 4.78 is 0. The summed E-state index contributed by atoms with van der Waals surface area (Å²) in [6.45, 7) is 10.4. The lowest BCUT2D eigenvalue weighted by molar-refractivity contribution is -0.128. The topological polar surface area (TPSA) is 108 Å². The standard InChI is InChI=1S/C31H51N3O4/c1-6-7-16-32-30(37)22(4)18-29(36)28(19-24-12-9-8-10-13-24)34-31(38)26-15-11-14-25(20-26)27(17-21(2)3)33-23(5)35/h8-10,12-13,21-22,25-29,36H,6-7,11,14-20H2,1-5H3,(H,32,37)(H,33,35)(H,34,38)/t22-,25+,26-,27+,28+,29+/m1/s1. The molecule has 214 valence electrons. The average Bonchev–Trinajstić information content (AvgIpc) is 2.88. The number of hydrogen-bond acceptors (Lipinski definition) is 4. The van der Waals surface area contributed by atoms with Gasteiger partial charge in [-0.15, -0.1) is 0 Å². The van der Waals surface area contributed by atoms with Crippen LogP contribution in [0.3, 0.4) is 0 Å². The Labute approximate surface area is 229 Å². The van der Waals surface area contributed by atoms with Crippen molar-refractivity contribution in [2.75, 3.05) is 6.54 Å². The first kappa shape index (κ1) is 31.8. The van der Waals surface area contributed by atoms with Crippen molar-refractivity contribution in [3.63, 3.8) is 0 Å². The number of rotatable bonds is 15. The Kier molecular flexibility index (Phi) is 13.8. The van der Waals surface area contributed by atoms with Crippen molar-refractivity contribution in [2.24, 2.45) is 23.7 Å². The van der Waals surface area contributed by atoms with Crippen LogP contribution in [0.15, 0.2) is 30.3 Å². The normalized spacial score (nSPS) is 20.7. The van der Waals surface area contributed by atoms with Crippen molar-refractivity contribution < 1.29 is 19.5 Å². The van der Waals surface area contributed by atoms with Gasteiger partial charge in [0.25, 0.3) is 0 Å². The minimum absolute atomic E-state index is 0.0267. The molecule has 0 unspecified atom stereocenters. The number of benzene rings is 1. The Morgan fingerprint density at radius 2 is 1.74 bits per heavy atom. The van der Waals surface area contributed by atoms with Gasteiger partial charge in [-0.3, -0.25) is 14.4 Å². The van der Waals surface area contributed by atoms with Gasteiger partial charge in [-0.05, 0) is 62.3 Å².